The molecular weight excluding hydrogens is 450 g/mol. The van der Waals surface area contributed by atoms with Crippen LogP contribution in [0.25, 0.3) is 27.7 Å². The molecule has 5 nitrogen and oxygen atoms in total. The van der Waals surface area contributed by atoms with Crippen molar-refractivity contribution in [2.45, 2.75) is 12.4 Å². The van der Waals surface area contributed by atoms with Crippen LogP contribution in [0.15, 0.2) is 66.7 Å². The van der Waals surface area contributed by atoms with Gasteiger partial charge in [0.05, 0.1) is 16.9 Å². The minimum Gasteiger partial charge on any atom is -0.351 e. The summed E-state index contributed by atoms with van der Waals surface area (Å²) in [5.41, 5.74) is 4.10. The van der Waals surface area contributed by atoms with E-state index < -0.39 is 29.6 Å². The highest BCUT2D eigenvalue weighted by Gasteiger charge is 2.35. The first-order chi connectivity index (χ1) is 15.4. The van der Waals surface area contributed by atoms with Gasteiger partial charge in [-0.3, -0.25) is 0 Å². The summed E-state index contributed by atoms with van der Waals surface area (Å²) >= 11 is 0. The molecule has 0 bridgehead atoms. The summed E-state index contributed by atoms with van der Waals surface area (Å²) in [6.07, 6.45) is -9.23. The van der Waals surface area contributed by atoms with E-state index in [4.69, 9.17) is 5.73 Å². The van der Waals surface area contributed by atoms with Crippen molar-refractivity contribution in [1.82, 2.24) is 9.78 Å². The highest BCUT2D eigenvalue weighted by atomic mass is 19.4. The van der Waals surface area contributed by atoms with Gasteiger partial charge in [-0.25, -0.2) is 9.48 Å². The van der Waals surface area contributed by atoms with Crippen molar-refractivity contribution in [3.63, 3.8) is 0 Å². The van der Waals surface area contributed by atoms with Crippen LogP contribution in [0, 0.1) is 0 Å². The topological polar surface area (TPSA) is 72.9 Å². The molecule has 4 aromatic rings. The average Bonchev–Trinajstić information content (AvgIpc) is 3.18. The van der Waals surface area contributed by atoms with Gasteiger partial charge in [0.2, 0.25) is 0 Å². The Hall–Kier alpha value is -4.02. The van der Waals surface area contributed by atoms with Crippen LogP contribution in [0.4, 0.5) is 36.8 Å². The second-order valence-electron chi connectivity index (χ2n) is 7.13. The number of halogens is 6. The van der Waals surface area contributed by atoms with Gasteiger partial charge < -0.3 is 11.1 Å². The third-order valence-corrected chi connectivity index (χ3v) is 4.84. The largest absolute Gasteiger partial charge is 0.435 e. The van der Waals surface area contributed by atoms with Crippen molar-refractivity contribution in [1.29, 1.82) is 0 Å². The van der Waals surface area contributed by atoms with Crippen LogP contribution in [-0.2, 0) is 12.4 Å². The maximum atomic E-state index is 13.4. The first-order valence-electron chi connectivity index (χ1n) is 9.37. The molecule has 4 rings (SSSR count). The van der Waals surface area contributed by atoms with Gasteiger partial charge in [-0.15, -0.1) is 0 Å². The van der Waals surface area contributed by atoms with Gasteiger partial charge in [-0.2, -0.15) is 31.4 Å². The molecule has 1 aromatic heterocycles. The number of benzene rings is 3. The second-order valence-corrected chi connectivity index (χ2v) is 7.13. The smallest absolute Gasteiger partial charge is 0.351 e. The third-order valence-electron chi connectivity index (χ3n) is 4.84. The molecule has 0 radical (unpaired) electrons. The number of nitrogens with zero attached hydrogens (tertiary/aromatic N) is 2. The van der Waals surface area contributed by atoms with Crippen molar-refractivity contribution in [3.8, 4) is 16.9 Å². The summed E-state index contributed by atoms with van der Waals surface area (Å²) in [5.74, 6) is 0. The molecule has 3 N–H and O–H groups in total. The Kier molecular flexibility index (Phi) is 5.27. The van der Waals surface area contributed by atoms with Gasteiger partial charge in [0.15, 0.2) is 5.69 Å². The van der Waals surface area contributed by atoms with E-state index in [1.807, 2.05) is 0 Å². The molecule has 0 unspecified atom stereocenters. The van der Waals surface area contributed by atoms with E-state index in [0.717, 1.165) is 22.9 Å². The zero-order valence-electron chi connectivity index (χ0n) is 16.5. The van der Waals surface area contributed by atoms with Crippen LogP contribution in [0.1, 0.15) is 11.3 Å². The number of carbonyl (C=O) groups excluding carboxylic acids is 1. The maximum Gasteiger partial charge on any atom is 0.435 e. The van der Waals surface area contributed by atoms with Crippen molar-refractivity contribution >= 4 is 22.5 Å². The van der Waals surface area contributed by atoms with E-state index >= 15 is 0 Å². The fourth-order valence-corrected chi connectivity index (χ4v) is 3.33. The Labute approximate surface area is 182 Å². The average molecular weight is 464 g/mol. The van der Waals surface area contributed by atoms with Crippen molar-refractivity contribution < 1.29 is 31.1 Å². The molecule has 0 atom stereocenters. The zero-order chi connectivity index (χ0) is 24.0. The molecule has 1 heterocycles. The highest BCUT2D eigenvalue weighted by Crippen LogP contribution is 2.36. The Balaban J connectivity index is 1.82. The van der Waals surface area contributed by atoms with E-state index in [2.05, 4.69) is 10.4 Å². The van der Waals surface area contributed by atoms with Crippen LogP contribution in [0.3, 0.4) is 0 Å². The highest BCUT2D eigenvalue weighted by molar-refractivity contribution is 5.88. The molecule has 3 aromatic carbocycles. The molecule has 0 saturated heterocycles. The van der Waals surface area contributed by atoms with Crippen LogP contribution < -0.4 is 11.1 Å². The molecule has 33 heavy (non-hydrogen) atoms. The summed E-state index contributed by atoms with van der Waals surface area (Å²) in [7, 11) is 0. The van der Waals surface area contributed by atoms with Gasteiger partial charge in [0.1, 0.15) is 0 Å². The van der Waals surface area contributed by atoms with E-state index in [-0.39, 0.29) is 16.8 Å². The normalized spacial score (nSPS) is 12.2. The standard InChI is InChI=1S/C22H14F6N4O/c23-21(24,25)15-4-3-12-9-14(2-1-13(12)10-15)18-11-19(22(26,27)28)31-32(18)17-7-5-16(6-8-17)30-20(29)33/h1-11H,(H3,29,30,33). The number of nitrogens with two attached hydrogens (primary N) is 1. The summed E-state index contributed by atoms with van der Waals surface area (Å²) in [6, 6.07) is 13.3. The van der Waals surface area contributed by atoms with Crippen LogP contribution >= 0.6 is 0 Å². The number of fused-ring (bicyclic) bond motifs is 1. The number of hydrogen-bond acceptors (Lipinski definition) is 2. The number of aromatic nitrogens is 2. The molecule has 0 aliphatic rings. The van der Waals surface area contributed by atoms with E-state index in [0.29, 0.717) is 16.6 Å². The summed E-state index contributed by atoms with van der Waals surface area (Å²) < 4.78 is 80.1. The number of hydrogen-bond donors (Lipinski definition) is 2. The fourth-order valence-electron chi connectivity index (χ4n) is 3.33. The molecule has 170 valence electrons. The first kappa shape index (κ1) is 22.2. The predicted octanol–water partition coefficient (Wildman–Crippen LogP) is 6.22. The van der Waals surface area contributed by atoms with Crippen molar-refractivity contribution in [2.24, 2.45) is 5.73 Å². The van der Waals surface area contributed by atoms with Gasteiger partial charge in [0, 0.05) is 11.3 Å². The molecule has 0 fully saturated rings. The van der Waals surface area contributed by atoms with Gasteiger partial charge in [0.25, 0.3) is 0 Å². The number of nitrogens with one attached hydrogen (secondary N) is 1. The van der Waals surface area contributed by atoms with E-state index in [1.54, 1.807) is 0 Å². The number of carbonyl (C=O) groups is 1. The third kappa shape index (κ3) is 4.61. The maximum absolute atomic E-state index is 13.4. The first-order valence-corrected chi connectivity index (χ1v) is 9.37. The molecule has 2 amide bonds. The molecule has 11 heteroatoms. The summed E-state index contributed by atoms with van der Waals surface area (Å²) in [6.45, 7) is 0. The second kappa shape index (κ2) is 7.84. The lowest BCUT2D eigenvalue weighted by Crippen LogP contribution is -2.19. The van der Waals surface area contributed by atoms with Crippen LogP contribution in [0.5, 0.6) is 0 Å². The Morgan fingerprint density at radius 3 is 2.06 bits per heavy atom. The predicted molar refractivity (Wildman–Crippen MR) is 110 cm³/mol. The number of urea groups is 1. The van der Waals surface area contributed by atoms with Gasteiger partial charge in [-0.05, 0) is 59.3 Å². The molecule has 0 saturated carbocycles. The number of primary amides is 1. The molecule has 0 aliphatic carbocycles. The molecular formula is C22H14F6N4O. The number of anilines is 1. The SMILES string of the molecule is NC(=O)Nc1ccc(-n2nc(C(F)(F)F)cc2-c2ccc3cc(C(F)(F)F)ccc3c2)cc1. The van der Waals surface area contributed by atoms with Gasteiger partial charge >= 0.3 is 18.4 Å². The van der Waals surface area contributed by atoms with Crippen LogP contribution in [0.2, 0.25) is 0 Å². The Morgan fingerprint density at radius 1 is 0.818 bits per heavy atom. The lowest BCUT2D eigenvalue weighted by molar-refractivity contribution is -0.141. The van der Waals surface area contributed by atoms with E-state index in [1.165, 1.54) is 48.5 Å². The monoisotopic (exact) mass is 464 g/mol. The molecule has 0 aliphatic heterocycles. The number of amides is 2. The number of alkyl halides is 6. The van der Waals surface area contributed by atoms with Crippen LogP contribution in [-0.4, -0.2) is 15.8 Å². The lowest BCUT2D eigenvalue weighted by atomic mass is 10.0. The van der Waals surface area contributed by atoms with Crippen molar-refractivity contribution in [2.75, 3.05) is 5.32 Å². The number of rotatable bonds is 3. The zero-order valence-corrected chi connectivity index (χ0v) is 16.5. The summed E-state index contributed by atoms with van der Waals surface area (Å²) in [5, 5.41) is 6.73. The van der Waals surface area contributed by atoms with Crippen molar-refractivity contribution in [3.05, 3.63) is 78.0 Å². The lowest BCUT2D eigenvalue weighted by Gasteiger charge is -2.11. The van der Waals surface area contributed by atoms with Gasteiger partial charge in [-0.1, -0.05) is 18.2 Å². The fraction of sp³-hybridized carbons (Fsp3) is 0.0909. The minimum atomic E-state index is -4.72. The summed E-state index contributed by atoms with van der Waals surface area (Å²) in [4.78, 5) is 11.0. The van der Waals surface area contributed by atoms with E-state index in [9.17, 15) is 31.1 Å². The molecule has 0 spiro atoms. The Bertz CT molecular complexity index is 1340. The quantitative estimate of drug-likeness (QED) is 0.353. The Morgan fingerprint density at radius 2 is 1.45 bits per heavy atom. The minimum absolute atomic E-state index is 0.0831.